The Kier molecular flexibility index (Phi) is 2.33. The molecule has 0 unspecified atom stereocenters. The zero-order valence-electron chi connectivity index (χ0n) is 8.84. The molecule has 0 amide bonds. The van der Waals surface area contributed by atoms with Crippen LogP contribution in [0.3, 0.4) is 0 Å². The zero-order valence-corrected chi connectivity index (χ0v) is 10.4. The van der Waals surface area contributed by atoms with Crippen LogP contribution in [0.2, 0.25) is 0 Å². The maximum atomic E-state index is 5.83. The van der Waals surface area contributed by atoms with E-state index in [-0.39, 0.29) is 0 Å². The monoisotopic (exact) mass is 288 g/mol. The Labute approximate surface area is 106 Å². The third kappa shape index (κ3) is 1.78. The van der Waals surface area contributed by atoms with E-state index in [9.17, 15) is 0 Å². The van der Waals surface area contributed by atoms with Crippen LogP contribution in [0, 0.1) is 0 Å². The molecule has 3 rings (SSSR count). The lowest BCUT2D eigenvalue weighted by atomic mass is 10.2. The summed E-state index contributed by atoms with van der Waals surface area (Å²) >= 11 is 3.44. The zero-order chi connectivity index (χ0) is 11.8. The molecule has 0 spiro atoms. The van der Waals surface area contributed by atoms with Gasteiger partial charge in [-0.15, -0.1) is 0 Å². The van der Waals surface area contributed by atoms with Crippen molar-refractivity contribution in [3.8, 4) is 11.3 Å². The Morgan fingerprint density at radius 1 is 1.18 bits per heavy atom. The van der Waals surface area contributed by atoms with Crippen molar-refractivity contribution < 1.29 is 0 Å². The van der Waals surface area contributed by atoms with E-state index in [2.05, 4.69) is 26.0 Å². The van der Waals surface area contributed by atoms with Gasteiger partial charge >= 0.3 is 0 Å². The van der Waals surface area contributed by atoms with Gasteiger partial charge < -0.3 is 5.73 Å². The first-order valence-corrected chi connectivity index (χ1v) is 5.89. The standard InChI is InChI=1S/C12H9BrN4/c13-9-3-1-2-8(6-9)10-7-12-15-5-4-11(14)17(12)16-10/h1-7H,14H2. The Morgan fingerprint density at radius 3 is 2.82 bits per heavy atom. The summed E-state index contributed by atoms with van der Waals surface area (Å²) in [5.41, 5.74) is 8.47. The van der Waals surface area contributed by atoms with Crippen molar-refractivity contribution in [2.75, 3.05) is 5.73 Å². The van der Waals surface area contributed by atoms with Gasteiger partial charge in [-0.3, -0.25) is 0 Å². The molecule has 2 heterocycles. The lowest BCUT2D eigenvalue weighted by Crippen LogP contribution is -1.98. The molecule has 0 saturated heterocycles. The Hall–Kier alpha value is -1.88. The summed E-state index contributed by atoms with van der Waals surface area (Å²) in [5.74, 6) is 0.580. The van der Waals surface area contributed by atoms with Crippen molar-refractivity contribution in [1.29, 1.82) is 0 Å². The first kappa shape index (κ1) is 10.3. The Bertz CT molecular complexity index is 690. The highest BCUT2D eigenvalue weighted by Gasteiger charge is 2.06. The molecule has 17 heavy (non-hydrogen) atoms. The topological polar surface area (TPSA) is 56.2 Å². The average Bonchev–Trinajstić information content (AvgIpc) is 2.74. The van der Waals surface area contributed by atoms with Crippen molar-refractivity contribution in [2.45, 2.75) is 0 Å². The van der Waals surface area contributed by atoms with Gasteiger partial charge in [-0.1, -0.05) is 28.1 Å². The van der Waals surface area contributed by atoms with E-state index in [0.717, 1.165) is 21.4 Å². The molecule has 2 N–H and O–H groups in total. The van der Waals surface area contributed by atoms with Gasteiger partial charge in [0.15, 0.2) is 5.65 Å². The van der Waals surface area contributed by atoms with Crippen molar-refractivity contribution in [2.24, 2.45) is 0 Å². The molecule has 0 radical (unpaired) electrons. The summed E-state index contributed by atoms with van der Waals surface area (Å²) in [7, 11) is 0. The number of benzene rings is 1. The first-order valence-electron chi connectivity index (χ1n) is 5.10. The fourth-order valence-corrected chi connectivity index (χ4v) is 2.10. The minimum absolute atomic E-state index is 0.580. The quantitative estimate of drug-likeness (QED) is 0.749. The predicted octanol–water partition coefficient (Wildman–Crippen LogP) is 2.74. The van der Waals surface area contributed by atoms with Gasteiger partial charge in [0.1, 0.15) is 5.82 Å². The number of anilines is 1. The molecular formula is C12H9BrN4. The van der Waals surface area contributed by atoms with Crippen molar-refractivity contribution in [1.82, 2.24) is 14.6 Å². The second-order valence-corrected chi connectivity index (χ2v) is 4.60. The number of hydrogen-bond donors (Lipinski definition) is 1. The number of aromatic nitrogens is 3. The lowest BCUT2D eigenvalue weighted by Gasteiger charge is -1.97. The van der Waals surface area contributed by atoms with Crippen molar-refractivity contribution in [3.05, 3.63) is 47.1 Å². The van der Waals surface area contributed by atoms with Crippen LogP contribution in [0.1, 0.15) is 0 Å². The number of fused-ring (bicyclic) bond motifs is 1. The van der Waals surface area contributed by atoms with Crippen molar-refractivity contribution in [3.63, 3.8) is 0 Å². The van der Waals surface area contributed by atoms with Gasteiger partial charge in [0.2, 0.25) is 0 Å². The van der Waals surface area contributed by atoms with Crippen LogP contribution < -0.4 is 5.73 Å². The van der Waals surface area contributed by atoms with Crippen molar-refractivity contribution >= 4 is 27.4 Å². The highest BCUT2D eigenvalue weighted by Crippen LogP contribution is 2.23. The van der Waals surface area contributed by atoms with E-state index < -0.39 is 0 Å². The second-order valence-electron chi connectivity index (χ2n) is 3.68. The molecule has 2 aromatic heterocycles. The van der Waals surface area contributed by atoms with Gasteiger partial charge in [-0.05, 0) is 18.2 Å². The molecule has 0 bridgehead atoms. The SMILES string of the molecule is Nc1ccnc2cc(-c3cccc(Br)c3)nn12. The van der Waals surface area contributed by atoms with E-state index in [1.54, 1.807) is 16.8 Å². The number of halogens is 1. The number of nitrogens with two attached hydrogens (primary N) is 1. The molecular weight excluding hydrogens is 280 g/mol. The summed E-state index contributed by atoms with van der Waals surface area (Å²) < 4.78 is 2.66. The number of rotatable bonds is 1. The Balaban J connectivity index is 2.22. The van der Waals surface area contributed by atoms with E-state index in [1.807, 2.05) is 30.3 Å². The van der Waals surface area contributed by atoms with E-state index in [0.29, 0.717) is 5.82 Å². The largest absolute Gasteiger partial charge is 0.384 e. The van der Waals surface area contributed by atoms with Crippen LogP contribution in [0.25, 0.3) is 16.9 Å². The summed E-state index contributed by atoms with van der Waals surface area (Å²) in [5, 5.41) is 4.43. The van der Waals surface area contributed by atoms with Gasteiger partial charge in [-0.25, -0.2) is 4.98 Å². The molecule has 0 fully saturated rings. The molecule has 84 valence electrons. The number of hydrogen-bond acceptors (Lipinski definition) is 3. The number of nitrogen functional groups attached to an aromatic ring is 1. The first-order chi connectivity index (χ1) is 8.24. The maximum Gasteiger partial charge on any atom is 0.157 e. The fraction of sp³-hybridized carbons (Fsp3) is 0. The smallest absolute Gasteiger partial charge is 0.157 e. The molecule has 1 aromatic carbocycles. The molecule has 0 saturated carbocycles. The molecule has 0 aliphatic heterocycles. The summed E-state index contributed by atoms with van der Waals surface area (Å²) in [4.78, 5) is 4.22. The minimum atomic E-state index is 0.580. The summed E-state index contributed by atoms with van der Waals surface area (Å²) in [6, 6.07) is 11.6. The fourth-order valence-electron chi connectivity index (χ4n) is 1.70. The molecule has 5 heteroatoms. The van der Waals surface area contributed by atoms with Gasteiger partial charge in [0.05, 0.1) is 5.69 Å². The van der Waals surface area contributed by atoms with Gasteiger partial charge in [0.25, 0.3) is 0 Å². The van der Waals surface area contributed by atoms with Gasteiger partial charge in [0, 0.05) is 22.3 Å². The number of nitrogens with zero attached hydrogens (tertiary/aromatic N) is 3. The molecule has 0 aliphatic carbocycles. The predicted molar refractivity (Wildman–Crippen MR) is 70.5 cm³/mol. The molecule has 0 atom stereocenters. The molecule has 0 aliphatic rings. The Morgan fingerprint density at radius 2 is 2.06 bits per heavy atom. The van der Waals surface area contributed by atoms with Crippen LogP contribution in [-0.2, 0) is 0 Å². The highest BCUT2D eigenvalue weighted by molar-refractivity contribution is 9.10. The summed E-state index contributed by atoms with van der Waals surface area (Å²) in [6.45, 7) is 0. The van der Waals surface area contributed by atoms with E-state index in [4.69, 9.17) is 5.73 Å². The van der Waals surface area contributed by atoms with Crippen LogP contribution >= 0.6 is 15.9 Å². The van der Waals surface area contributed by atoms with E-state index >= 15 is 0 Å². The minimum Gasteiger partial charge on any atom is -0.384 e. The summed E-state index contributed by atoms with van der Waals surface area (Å²) in [6.07, 6.45) is 1.68. The van der Waals surface area contributed by atoms with Crippen LogP contribution in [-0.4, -0.2) is 14.6 Å². The molecule has 4 nitrogen and oxygen atoms in total. The normalized spacial score (nSPS) is 10.9. The van der Waals surface area contributed by atoms with Crippen LogP contribution in [0.5, 0.6) is 0 Å². The van der Waals surface area contributed by atoms with Crippen LogP contribution in [0.4, 0.5) is 5.82 Å². The molecule has 3 aromatic rings. The maximum absolute atomic E-state index is 5.83. The highest BCUT2D eigenvalue weighted by atomic mass is 79.9. The van der Waals surface area contributed by atoms with E-state index in [1.165, 1.54) is 0 Å². The third-order valence-electron chi connectivity index (χ3n) is 2.51. The third-order valence-corrected chi connectivity index (χ3v) is 3.00. The van der Waals surface area contributed by atoms with Gasteiger partial charge in [-0.2, -0.15) is 9.61 Å². The average molecular weight is 289 g/mol. The lowest BCUT2D eigenvalue weighted by molar-refractivity contribution is 0.956. The van der Waals surface area contributed by atoms with Crippen LogP contribution in [0.15, 0.2) is 47.1 Å². The second kappa shape index (κ2) is 3.85.